The first-order valence-corrected chi connectivity index (χ1v) is 33.0. The van der Waals surface area contributed by atoms with Gasteiger partial charge in [0.05, 0.1) is 61.8 Å². The van der Waals surface area contributed by atoms with E-state index in [4.69, 9.17) is 76.7 Å². The second-order valence-electron chi connectivity index (χ2n) is 23.0. The van der Waals surface area contributed by atoms with Gasteiger partial charge in [-0.05, 0) is 160 Å². The first kappa shape index (κ1) is 74.2. The number of nitrogens with one attached hydrogen (secondary N) is 5. The van der Waals surface area contributed by atoms with Crippen molar-refractivity contribution in [1.29, 1.82) is 0.594 Å². The van der Waals surface area contributed by atoms with Gasteiger partial charge in [0.15, 0.2) is 0 Å². The standard InChI is InChI=1S/C31H40Cl2N4O4.C17H27N3O2.C14H16Cl2N2O2S.CH4I.B/c1-7-40-26-16-25-24(14-22(26)29(38)35-20-11-8-18(2)9-12-20)36-27(37(25)6)15-21-23(32)13-10-19(28(21)33)17-34-30(39)41-31(3,4)5;1-4-22-16-10-15(19-3)14(18)9-13(16)17(21)20-12-7-5-11(2)6-8-12;1-14(2,3)20-13(19)18-8-9-4-5-10(15)12(11(9)16)17-6-7-21;1-2;/h10,13-14,16,18,20H,7-9,11-12,15,17H2,1-6H3,(H,34,39)(H,35,38);9-12,19H,4-8,18H2,1-3H3,(H,20,21);4-7H,8H2,1-3H3,(H,18,19);2H,1H3;/q;;;-1;/i;;;2D;. The zero-order chi connectivity index (χ0) is 64.8. The average molecular weight is 1410 g/mol. The summed E-state index contributed by atoms with van der Waals surface area (Å²) in [5, 5.41) is 17.8. The number of hydrogen-bond acceptors (Lipinski definition) is 13. The molecule has 0 spiro atoms. The van der Waals surface area contributed by atoms with E-state index in [2.05, 4.69) is 57.6 Å². The molecule has 0 bridgehead atoms. The summed E-state index contributed by atoms with van der Waals surface area (Å²) in [6.45, 7) is 20.5. The van der Waals surface area contributed by atoms with Crippen LogP contribution in [0.3, 0.4) is 0 Å². The summed E-state index contributed by atoms with van der Waals surface area (Å²) < 4.78 is 30.3. The molecule has 1 aromatic heterocycles. The molecule has 0 saturated heterocycles. The van der Waals surface area contributed by atoms with Gasteiger partial charge in [0.1, 0.15) is 34.2 Å². The number of nitrogens with zero attached hydrogens (tertiary/aromatic N) is 3. The topological polar surface area (TPSA) is 222 Å². The zero-order valence-electron chi connectivity index (χ0n) is 53.3. The monoisotopic (exact) mass is 1410 g/mol. The smallest absolute Gasteiger partial charge is 0 e. The van der Waals surface area contributed by atoms with Crippen LogP contribution < -0.4 is 64.2 Å². The van der Waals surface area contributed by atoms with E-state index < -0.39 is 23.4 Å². The number of nitrogens with two attached hydrogens (primary N) is 1. The number of carbonyl (C=O) groups excluding carboxylic acids is 4. The Hall–Kier alpha value is -5.26. The van der Waals surface area contributed by atoms with Crippen LogP contribution in [0.5, 0.6) is 11.5 Å². The summed E-state index contributed by atoms with van der Waals surface area (Å²) in [7, 11) is 3.71. The number of aliphatic imine (C=N–C) groups is 1. The number of rotatable bonds is 17. The van der Waals surface area contributed by atoms with Crippen LogP contribution in [0.2, 0.25) is 20.1 Å². The van der Waals surface area contributed by atoms with Crippen LogP contribution in [0.4, 0.5) is 26.7 Å². The Morgan fingerprint density at radius 1 is 0.759 bits per heavy atom. The molecule has 4 amide bonds. The van der Waals surface area contributed by atoms with Crippen LogP contribution in [0.15, 0.2) is 53.5 Å². The van der Waals surface area contributed by atoms with Gasteiger partial charge in [-0.15, -0.1) is 0 Å². The number of fused-ring (bicyclic) bond motifs is 1. The van der Waals surface area contributed by atoms with Gasteiger partial charge in [-0.3, -0.25) is 14.6 Å². The number of alkyl halides is 1. The van der Waals surface area contributed by atoms with Crippen LogP contribution >= 0.6 is 58.6 Å². The molecule has 2 aliphatic rings. The molecule has 0 unspecified atom stereocenters. The summed E-state index contributed by atoms with van der Waals surface area (Å²) in [5.41, 5.74) is 11.2. The van der Waals surface area contributed by atoms with E-state index in [9.17, 15) is 19.2 Å². The van der Waals surface area contributed by atoms with Crippen molar-refractivity contribution >= 4 is 131 Å². The summed E-state index contributed by atoms with van der Waals surface area (Å²) in [6, 6.07) is 14.5. The molecule has 3 radical (unpaired) electrons. The number of nitrogen functional groups attached to an aromatic ring is 1. The molecule has 2 fully saturated rings. The number of thiocarbonyl (C=S) groups is 1. The minimum absolute atomic E-state index is 0. The maximum Gasteiger partial charge on any atom is 0 e. The van der Waals surface area contributed by atoms with Gasteiger partial charge in [-0.25, -0.2) is 14.6 Å². The number of alkyl carbamates (subject to hydrolysis) is 2. The predicted octanol–water partition coefficient (Wildman–Crippen LogP) is 11.5. The minimum Gasteiger partial charge on any atom is 0 e. The summed E-state index contributed by atoms with van der Waals surface area (Å²) in [4.78, 5) is 60.5. The molecule has 0 aliphatic heterocycles. The zero-order valence-corrected chi connectivity index (χ0v) is 58.3. The first-order chi connectivity index (χ1) is 41.1. The molecule has 24 heteroatoms. The number of hydrogen-bond donors (Lipinski definition) is 6. The molecule has 1 heterocycles. The molecule has 0 atom stereocenters. The second kappa shape index (κ2) is 36.4. The number of ether oxygens (including phenoxy) is 4. The number of imidazole rings is 1. The first-order valence-electron chi connectivity index (χ1n) is 29.2. The summed E-state index contributed by atoms with van der Waals surface area (Å²) >= 11 is 30.1. The largest absolute Gasteiger partial charge is 0 e. The van der Waals surface area contributed by atoms with Crippen LogP contribution in [-0.2, 0) is 36.0 Å². The molecular formula is C63H87BCl4IN9O8S-. The number of carbonyl (C=O) groups is 4. The Kier molecular flexibility index (Phi) is 31.1. The Labute approximate surface area is 555 Å². The number of aromatic nitrogens is 2. The van der Waals surface area contributed by atoms with E-state index in [0.29, 0.717) is 102 Å². The average Bonchev–Trinajstić information content (AvgIpc) is 1.99. The maximum absolute atomic E-state index is 13.3. The molecule has 2 aliphatic carbocycles. The van der Waals surface area contributed by atoms with Gasteiger partial charge in [-0.1, -0.05) is 84.6 Å². The van der Waals surface area contributed by atoms with E-state index in [1.165, 1.54) is 24.4 Å². The van der Waals surface area contributed by atoms with Crippen LogP contribution in [-0.4, -0.2) is 103 Å². The van der Waals surface area contributed by atoms with Gasteiger partial charge in [-0.2, -0.15) is 0 Å². The number of benzene rings is 4. The molecule has 7 N–H and O–H groups in total. The van der Waals surface area contributed by atoms with Crippen molar-refractivity contribution < 1.29 is 60.5 Å². The number of aryl methyl sites for hydroxylation is 1. The summed E-state index contributed by atoms with van der Waals surface area (Å²) in [5.74, 6) is 3.05. The van der Waals surface area contributed by atoms with Crippen molar-refractivity contribution in [2.24, 2.45) is 23.9 Å². The molecule has 7 rings (SSSR count). The normalized spacial score (nSPS) is 16.6. The SMILES string of the molecule is CC(C)(C)OC(=O)NCc1ccc(Cl)c(N=CC=S)c1Cl.CCOc1cc(NC)c(N)cc1C(=O)NC1CCC(C)CC1.CCOc1cc2c(cc1C(=O)NC1CCC(C)CC1)nc(Cc1c(Cl)ccc(CNC(=O)OC(C)(C)C)c1Cl)n2C.[2H][I-]C.[B]. The third kappa shape index (κ3) is 23.9. The molecule has 17 nitrogen and oxygen atoms in total. The summed E-state index contributed by atoms with van der Waals surface area (Å²) in [6.07, 6.45) is 9.38. The van der Waals surface area contributed by atoms with Crippen molar-refractivity contribution in [2.75, 3.05) is 36.2 Å². The van der Waals surface area contributed by atoms with Gasteiger partial charge in [0.25, 0.3) is 11.8 Å². The third-order valence-electron chi connectivity index (χ3n) is 13.9. The van der Waals surface area contributed by atoms with E-state index >= 15 is 0 Å². The molecule has 5 aromatic rings. The molecule has 2 saturated carbocycles. The van der Waals surface area contributed by atoms with Crippen molar-refractivity contribution in [3.05, 3.63) is 102 Å². The quantitative estimate of drug-likeness (QED) is 0.0128. The Morgan fingerprint density at radius 2 is 1.22 bits per heavy atom. The van der Waals surface area contributed by atoms with Crippen LogP contribution in [0.25, 0.3) is 11.0 Å². The van der Waals surface area contributed by atoms with E-state index in [1.54, 1.807) is 91.1 Å². The number of halogens is 5. The third-order valence-corrected chi connectivity index (χ3v) is 15.6. The minimum atomic E-state index is -0.601. The molecular weight excluding hydrogens is 1320 g/mol. The van der Waals surface area contributed by atoms with E-state index in [1.807, 2.05) is 36.5 Å². The predicted molar refractivity (Wildman–Crippen MR) is 358 cm³/mol. The second-order valence-corrected chi connectivity index (χ2v) is 24.8. The fourth-order valence-corrected chi connectivity index (χ4v) is 10.7. The fourth-order valence-electron chi connectivity index (χ4n) is 9.49. The Bertz CT molecular complexity index is 3170. The Morgan fingerprint density at radius 3 is 1.68 bits per heavy atom. The molecule has 87 heavy (non-hydrogen) atoms. The maximum atomic E-state index is 13.3. The fraction of sp³-hybridized carbons (Fsp3) is 0.508. The van der Waals surface area contributed by atoms with Gasteiger partial charge >= 0.3 is 40.1 Å². The molecule has 477 valence electrons. The van der Waals surface area contributed by atoms with Crippen molar-refractivity contribution in [2.45, 2.75) is 163 Å². The number of amides is 4. The number of anilines is 2. The van der Waals surface area contributed by atoms with Crippen LogP contribution in [0.1, 0.15) is 164 Å². The van der Waals surface area contributed by atoms with E-state index in [-0.39, 0.29) is 67.8 Å². The van der Waals surface area contributed by atoms with Gasteiger partial charge in [0, 0.05) is 82.8 Å². The molecule has 4 aromatic carbocycles. The van der Waals surface area contributed by atoms with Crippen LogP contribution in [0, 0.1) is 11.8 Å². The van der Waals surface area contributed by atoms with Gasteiger partial charge < -0.3 is 55.8 Å². The van der Waals surface area contributed by atoms with Gasteiger partial charge in [0.2, 0.25) is 0 Å². The Balaban J connectivity index is 0.000000365. The van der Waals surface area contributed by atoms with Crippen molar-refractivity contribution in [1.82, 2.24) is 30.8 Å². The van der Waals surface area contributed by atoms with E-state index in [0.717, 1.165) is 61.5 Å². The van der Waals surface area contributed by atoms with Crippen molar-refractivity contribution in [3.63, 3.8) is 0 Å². The van der Waals surface area contributed by atoms with Crippen molar-refractivity contribution in [3.8, 4) is 11.5 Å².